The number of halogens is 1. The Labute approximate surface area is 155 Å². The second-order valence-corrected chi connectivity index (χ2v) is 7.05. The van der Waals surface area contributed by atoms with Crippen molar-refractivity contribution in [2.45, 2.75) is 38.6 Å². The van der Waals surface area contributed by atoms with E-state index in [1.807, 2.05) is 36.4 Å². The lowest BCUT2D eigenvalue weighted by atomic mass is 10.0. The molecule has 0 aromatic heterocycles. The third kappa shape index (κ3) is 3.91. The van der Waals surface area contributed by atoms with Gasteiger partial charge in [0.2, 0.25) is 0 Å². The highest BCUT2D eigenvalue weighted by atomic mass is 35.5. The number of hydrogen-bond acceptors (Lipinski definition) is 2. The van der Waals surface area contributed by atoms with E-state index in [4.69, 9.17) is 11.6 Å². The Hall–Kier alpha value is -2.19. The Balaban J connectivity index is 2.11. The average molecular weight is 353 g/mol. The van der Waals surface area contributed by atoms with Crippen molar-refractivity contribution in [3.05, 3.63) is 89.5 Å². The lowest BCUT2D eigenvalue weighted by Gasteiger charge is -2.32. The smallest absolute Gasteiger partial charge is 0.118 e. The number of rotatable bonds is 5. The first-order chi connectivity index (χ1) is 12.1. The number of nitrogens with zero attached hydrogens (tertiary/aromatic N) is 1. The second kappa shape index (κ2) is 7.79. The molecular formula is C22H25ClN2. The van der Waals surface area contributed by atoms with Crippen LogP contribution in [0.2, 0.25) is 5.02 Å². The molecule has 130 valence electrons. The van der Waals surface area contributed by atoms with Crippen LogP contribution in [0.1, 0.15) is 38.2 Å². The first-order valence-electron chi connectivity index (χ1n) is 8.83. The van der Waals surface area contributed by atoms with Gasteiger partial charge >= 0.3 is 0 Å². The minimum atomic E-state index is 0.472. The summed E-state index contributed by atoms with van der Waals surface area (Å²) < 4.78 is 0. The van der Waals surface area contributed by atoms with Crippen molar-refractivity contribution in [2.24, 2.45) is 0 Å². The van der Waals surface area contributed by atoms with Gasteiger partial charge < -0.3 is 10.2 Å². The number of hydrogen-bond donors (Lipinski definition) is 1. The summed E-state index contributed by atoms with van der Waals surface area (Å²) in [6.07, 6.45) is 13.0. The van der Waals surface area contributed by atoms with Gasteiger partial charge in [0.1, 0.15) is 5.82 Å². The Bertz CT molecular complexity index is 764. The predicted octanol–water partition coefficient (Wildman–Crippen LogP) is 6.02. The van der Waals surface area contributed by atoms with Crippen LogP contribution in [0.5, 0.6) is 0 Å². The monoisotopic (exact) mass is 352 g/mol. The summed E-state index contributed by atoms with van der Waals surface area (Å²) in [4.78, 5) is 2.12. The Morgan fingerprint density at radius 1 is 1.24 bits per heavy atom. The van der Waals surface area contributed by atoms with Gasteiger partial charge in [-0.15, -0.1) is 0 Å². The van der Waals surface area contributed by atoms with Crippen molar-refractivity contribution in [2.75, 3.05) is 0 Å². The molecule has 0 bridgehead atoms. The summed E-state index contributed by atoms with van der Waals surface area (Å²) in [7, 11) is 0. The molecule has 2 aliphatic rings. The van der Waals surface area contributed by atoms with E-state index in [9.17, 15) is 0 Å². The lowest BCUT2D eigenvalue weighted by molar-refractivity contribution is 0.467. The van der Waals surface area contributed by atoms with Crippen LogP contribution in [0, 0.1) is 0 Å². The van der Waals surface area contributed by atoms with Crippen LogP contribution in [0.3, 0.4) is 0 Å². The van der Waals surface area contributed by atoms with E-state index in [1.54, 1.807) is 0 Å². The first-order valence-corrected chi connectivity index (χ1v) is 9.20. The molecule has 2 nitrogen and oxygen atoms in total. The number of allylic oxidation sites excluding steroid dienone is 5. The Kier molecular flexibility index (Phi) is 5.50. The van der Waals surface area contributed by atoms with Crippen LogP contribution in [0.4, 0.5) is 0 Å². The SMILES string of the molecule is C=C/C(=C(/NC1CCCC1)N1C=C(C)C=CC1=C)c1ccccc1Cl. The zero-order valence-corrected chi connectivity index (χ0v) is 15.5. The molecule has 1 aromatic rings. The molecule has 1 aliphatic heterocycles. The van der Waals surface area contributed by atoms with Crippen molar-refractivity contribution >= 4 is 17.2 Å². The van der Waals surface area contributed by atoms with Gasteiger partial charge in [-0.2, -0.15) is 0 Å². The van der Waals surface area contributed by atoms with Gasteiger partial charge in [-0.1, -0.05) is 68.0 Å². The van der Waals surface area contributed by atoms with Crippen molar-refractivity contribution in [3.63, 3.8) is 0 Å². The summed E-state index contributed by atoms with van der Waals surface area (Å²) in [5.41, 5.74) is 4.09. The summed E-state index contributed by atoms with van der Waals surface area (Å²) >= 11 is 6.48. The molecule has 0 unspecified atom stereocenters. The highest BCUT2D eigenvalue weighted by Gasteiger charge is 2.23. The molecule has 0 amide bonds. The van der Waals surface area contributed by atoms with Crippen molar-refractivity contribution in [1.82, 2.24) is 10.2 Å². The molecule has 1 aliphatic carbocycles. The highest BCUT2D eigenvalue weighted by Crippen LogP contribution is 2.32. The molecule has 1 aromatic carbocycles. The van der Waals surface area contributed by atoms with E-state index in [2.05, 4.69) is 42.6 Å². The van der Waals surface area contributed by atoms with Gasteiger partial charge in [-0.05, 0) is 37.5 Å². The zero-order valence-electron chi connectivity index (χ0n) is 14.8. The van der Waals surface area contributed by atoms with Crippen LogP contribution >= 0.6 is 11.6 Å². The molecule has 1 fully saturated rings. The maximum atomic E-state index is 6.48. The molecule has 3 rings (SSSR count). The van der Waals surface area contributed by atoms with E-state index < -0.39 is 0 Å². The minimum absolute atomic E-state index is 0.472. The zero-order chi connectivity index (χ0) is 17.8. The Morgan fingerprint density at radius 3 is 2.64 bits per heavy atom. The topological polar surface area (TPSA) is 15.3 Å². The fraction of sp³-hybridized carbons (Fsp3) is 0.273. The molecule has 3 heteroatoms. The molecule has 25 heavy (non-hydrogen) atoms. The van der Waals surface area contributed by atoms with E-state index in [0.29, 0.717) is 6.04 Å². The summed E-state index contributed by atoms with van der Waals surface area (Å²) in [6.45, 7) is 10.4. The molecule has 0 radical (unpaired) electrons. The molecule has 1 heterocycles. The number of benzene rings is 1. The van der Waals surface area contributed by atoms with Crippen LogP contribution < -0.4 is 5.32 Å². The summed E-state index contributed by atoms with van der Waals surface area (Å²) in [6, 6.07) is 8.38. The van der Waals surface area contributed by atoms with Crippen LogP contribution in [-0.2, 0) is 0 Å². The number of nitrogens with one attached hydrogen (secondary N) is 1. The van der Waals surface area contributed by atoms with Crippen molar-refractivity contribution < 1.29 is 0 Å². The fourth-order valence-electron chi connectivity index (χ4n) is 3.40. The van der Waals surface area contributed by atoms with E-state index >= 15 is 0 Å². The molecule has 1 saturated carbocycles. The Morgan fingerprint density at radius 2 is 1.96 bits per heavy atom. The maximum Gasteiger partial charge on any atom is 0.118 e. The molecular weight excluding hydrogens is 328 g/mol. The van der Waals surface area contributed by atoms with Gasteiger partial charge in [0, 0.05) is 34.1 Å². The first kappa shape index (κ1) is 17.6. The fourth-order valence-corrected chi connectivity index (χ4v) is 3.64. The third-order valence-corrected chi connectivity index (χ3v) is 5.07. The predicted molar refractivity (Wildman–Crippen MR) is 108 cm³/mol. The quantitative estimate of drug-likeness (QED) is 0.652. The van der Waals surface area contributed by atoms with Crippen LogP contribution in [0.15, 0.2) is 78.9 Å². The normalized spacial score (nSPS) is 18.9. The highest BCUT2D eigenvalue weighted by molar-refractivity contribution is 6.32. The largest absolute Gasteiger partial charge is 0.368 e. The average Bonchev–Trinajstić information content (AvgIpc) is 3.11. The van der Waals surface area contributed by atoms with Gasteiger partial charge in [0.05, 0.1) is 0 Å². The van der Waals surface area contributed by atoms with Crippen molar-refractivity contribution in [3.8, 4) is 0 Å². The third-order valence-electron chi connectivity index (χ3n) is 4.74. The maximum absolute atomic E-state index is 6.48. The molecule has 0 spiro atoms. The van der Waals surface area contributed by atoms with Crippen molar-refractivity contribution in [1.29, 1.82) is 0 Å². The van der Waals surface area contributed by atoms with E-state index in [0.717, 1.165) is 27.7 Å². The minimum Gasteiger partial charge on any atom is -0.368 e. The van der Waals surface area contributed by atoms with Gasteiger partial charge in [0.25, 0.3) is 0 Å². The standard InChI is InChI=1S/C22H25ClN2/c1-4-19(20-11-7-8-12-21(20)23)22(24-18-9-5-6-10-18)25-15-16(2)13-14-17(25)3/h4,7-8,11-15,18,24H,1,3,5-6,9-10H2,2H3/b22-19+. The molecule has 0 atom stereocenters. The summed E-state index contributed by atoms with van der Waals surface area (Å²) in [5, 5.41) is 4.47. The second-order valence-electron chi connectivity index (χ2n) is 6.64. The van der Waals surface area contributed by atoms with E-state index in [-0.39, 0.29) is 0 Å². The van der Waals surface area contributed by atoms with Crippen LogP contribution in [0.25, 0.3) is 5.57 Å². The lowest BCUT2D eigenvalue weighted by Crippen LogP contribution is -2.35. The molecule has 0 saturated heterocycles. The van der Waals surface area contributed by atoms with Crippen LogP contribution in [-0.4, -0.2) is 10.9 Å². The van der Waals surface area contributed by atoms with Gasteiger partial charge in [0.15, 0.2) is 0 Å². The van der Waals surface area contributed by atoms with Gasteiger partial charge in [-0.3, -0.25) is 0 Å². The van der Waals surface area contributed by atoms with E-state index in [1.165, 1.54) is 31.3 Å². The molecule has 1 N–H and O–H groups in total. The van der Waals surface area contributed by atoms with Gasteiger partial charge in [-0.25, -0.2) is 0 Å². The summed E-state index contributed by atoms with van der Waals surface area (Å²) in [5.74, 6) is 1.00.